The summed E-state index contributed by atoms with van der Waals surface area (Å²) < 4.78 is 26.8. The van der Waals surface area contributed by atoms with E-state index in [1.807, 2.05) is 0 Å². The molecule has 0 saturated carbocycles. The summed E-state index contributed by atoms with van der Waals surface area (Å²) in [6, 6.07) is -2.66. The Bertz CT molecular complexity index is 205. The van der Waals surface area contributed by atoms with E-state index in [2.05, 4.69) is 26.1 Å². The smallest absolute Gasteiger partial charge is 0.309 e. The molecule has 15 heavy (non-hydrogen) atoms. The van der Waals surface area contributed by atoms with Crippen molar-refractivity contribution >= 4 is 0 Å². The first-order valence-electron chi connectivity index (χ1n) is 5.71. The predicted octanol–water partition coefficient (Wildman–Crippen LogP) is 2.31. The zero-order chi connectivity index (χ0) is 11.5. The number of nitrogens with one attached hydrogen (secondary N) is 1. The molecule has 0 amide bonds. The summed E-state index contributed by atoms with van der Waals surface area (Å²) in [6.07, 6.45) is 1.86. The van der Waals surface area contributed by atoms with Crippen LogP contribution in [-0.4, -0.2) is 37.1 Å². The van der Waals surface area contributed by atoms with E-state index >= 15 is 0 Å². The van der Waals surface area contributed by atoms with Crippen molar-refractivity contribution in [1.82, 2.24) is 10.2 Å². The molecule has 0 aromatic rings. The third kappa shape index (κ3) is 3.68. The highest BCUT2D eigenvalue weighted by molar-refractivity contribution is 4.80. The van der Waals surface area contributed by atoms with Gasteiger partial charge in [0, 0.05) is 19.6 Å². The van der Waals surface area contributed by atoms with Gasteiger partial charge >= 0.3 is 6.05 Å². The van der Waals surface area contributed by atoms with E-state index in [-0.39, 0.29) is 12.0 Å². The Balaban J connectivity index is 2.43. The lowest BCUT2D eigenvalue weighted by atomic mass is 9.86. The van der Waals surface area contributed by atoms with Gasteiger partial charge in [-0.25, -0.2) is 4.90 Å². The Morgan fingerprint density at radius 3 is 2.60 bits per heavy atom. The minimum Gasteiger partial charge on any atom is -0.309 e. The van der Waals surface area contributed by atoms with Crippen LogP contribution in [0.25, 0.3) is 0 Å². The molecule has 1 heterocycles. The fourth-order valence-electron chi connectivity index (χ4n) is 1.62. The summed E-state index contributed by atoms with van der Waals surface area (Å²) in [6.45, 7) is 7.78. The van der Waals surface area contributed by atoms with E-state index in [0.717, 1.165) is 12.8 Å². The van der Waals surface area contributed by atoms with E-state index in [0.29, 0.717) is 19.6 Å². The van der Waals surface area contributed by atoms with Crippen LogP contribution in [0.5, 0.6) is 0 Å². The molecule has 0 unspecified atom stereocenters. The average Bonchev–Trinajstić information content (AvgIpc) is 2.16. The molecule has 0 atom stereocenters. The van der Waals surface area contributed by atoms with Crippen molar-refractivity contribution in [2.24, 2.45) is 5.41 Å². The second kappa shape index (κ2) is 4.74. The molecule has 0 spiro atoms. The molecule has 90 valence electrons. The van der Waals surface area contributed by atoms with Crippen molar-refractivity contribution in [1.29, 1.82) is 0 Å². The molecule has 0 aromatic carbocycles. The molecule has 0 aromatic heterocycles. The maximum atomic E-state index is 13.4. The largest absolute Gasteiger partial charge is 0.317 e. The van der Waals surface area contributed by atoms with Gasteiger partial charge in [-0.1, -0.05) is 27.2 Å². The summed E-state index contributed by atoms with van der Waals surface area (Å²) in [5, 5.41) is 2.72. The van der Waals surface area contributed by atoms with Crippen molar-refractivity contribution in [3.8, 4) is 0 Å². The maximum Gasteiger partial charge on any atom is 0.317 e. The second-order valence-corrected chi connectivity index (χ2v) is 5.10. The molecule has 0 radical (unpaired) electrons. The minimum atomic E-state index is -2.66. The first-order chi connectivity index (χ1) is 6.87. The summed E-state index contributed by atoms with van der Waals surface area (Å²) in [5.41, 5.74) is 0.168. The fraction of sp³-hybridized carbons (Fsp3) is 1.00. The van der Waals surface area contributed by atoms with Gasteiger partial charge in [0.1, 0.15) is 0 Å². The van der Waals surface area contributed by atoms with Gasteiger partial charge in [0.25, 0.3) is 0 Å². The topological polar surface area (TPSA) is 15.3 Å². The number of halogens is 2. The highest BCUT2D eigenvalue weighted by Gasteiger charge is 2.39. The summed E-state index contributed by atoms with van der Waals surface area (Å²) in [4.78, 5) is 1.31. The van der Waals surface area contributed by atoms with Crippen molar-refractivity contribution < 1.29 is 8.78 Å². The Kier molecular flexibility index (Phi) is 4.06. The first-order valence-corrected chi connectivity index (χ1v) is 5.71. The van der Waals surface area contributed by atoms with Gasteiger partial charge in [-0.15, -0.1) is 0 Å². The second-order valence-electron chi connectivity index (χ2n) is 5.10. The summed E-state index contributed by atoms with van der Waals surface area (Å²) in [7, 11) is 0. The number of piperazine rings is 1. The highest BCUT2D eigenvalue weighted by atomic mass is 19.3. The molecular weight excluding hydrogens is 198 g/mol. The van der Waals surface area contributed by atoms with Crippen LogP contribution in [0, 0.1) is 5.41 Å². The lowest BCUT2D eigenvalue weighted by Gasteiger charge is -2.37. The van der Waals surface area contributed by atoms with Crippen LogP contribution in [0.4, 0.5) is 8.78 Å². The zero-order valence-corrected chi connectivity index (χ0v) is 9.95. The van der Waals surface area contributed by atoms with Crippen LogP contribution < -0.4 is 5.32 Å². The standard InChI is InChI=1S/C11H22F2N2/c1-4-10(2,3)5-7-15-8-6-14-9-11(15,12)13/h14H,4-9H2,1-3H3. The van der Waals surface area contributed by atoms with Crippen molar-refractivity contribution in [2.45, 2.75) is 39.7 Å². The van der Waals surface area contributed by atoms with E-state index in [1.165, 1.54) is 4.90 Å². The van der Waals surface area contributed by atoms with Crippen LogP contribution >= 0.6 is 0 Å². The predicted molar refractivity (Wildman–Crippen MR) is 58.1 cm³/mol. The molecule has 1 fully saturated rings. The van der Waals surface area contributed by atoms with E-state index in [9.17, 15) is 8.78 Å². The van der Waals surface area contributed by atoms with Gasteiger partial charge in [0.2, 0.25) is 0 Å². The van der Waals surface area contributed by atoms with Crippen LogP contribution in [-0.2, 0) is 0 Å². The molecule has 1 aliphatic rings. The number of hydrogen-bond acceptors (Lipinski definition) is 2. The molecule has 1 aliphatic heterocycles. The van der Waals surface area contributed by atoms with Gasteiger partial charge in [-0.2, -0.15) is 8.78 Å². The number of alkyl halides is 2. The fourth-order valence-corrected chi connectivity index (χ4v) is 1.62. The average molecular weight is 220 g/mol. The monoisotopic (exact) mass is 220 g/mol. The van der Waals surface area contributed by atoms with Gasteiger partial charge < -0.3 is 5.32 Å². The van der Waals surface area contributed by atoms with Crippen LogP contribution in [0.1, 0.15) is 33.6 Å². The lowest BCUT2D eigenvalue weighted by molar-refractivity contribution is -0.158. The molecule has 1 saturated heterocycles. The minimum absolute atomic E-state index is 0.168. The number of nitrogens with zero attached hydrogens (tertiary/aromatic N) is 1. The molecular formula is C11H22F2N2. The van der Waals surface area contributed by atoms with E-state index in [1.54, 1.807) is 0 Å². The summed E-state index contributed by atoms with van der Waals surface area (Å²) in [5.74, 6) is 0. The Morgan fingerprint density at radius 2 is 2.07 bits per heavy atom. The van der Waals surface area contributed by atoms with Crippen LogP contribution in [0.15, 0.2) is 0 Å². The van der Waals surface area contributed by atoms with Crippen molar-refractivity contribution in [3.63, 3.8) is 0 Å². The molecule has 0 aliphatic carbocycles. The molecule has 2 nitrogen and oxygen atoms in total. The van der Waals surface area contributed by atoms with Crippen LogP contribution in [0.2, 0.25) is 0 Å². The lowest BCUT2D eigenvalue weighted by Crippen LogP contribution is -2.56. The quantitative estimate of drug-likeness (QED) is 0.731. The van der Waals surface area contributed by atoms with Crippen molar-refractivity contribution in [2.75, 3.05) is 26.2 Å². The molecule has 4 heteroatoms. The molecule has 1 rings (SSSR count). The zero-order valence-electron chi connectivity index (χ0n) is 9.95. The van der Waals surface area contributed by atoms with E-state index < -0.39 is 6.05 Å². The van der Waals surface area contributed by atoms with Gasteiger partial charge in [-0.05, 0) is 11.8 Å². The SMILES string of the molecule is CCC(C)(C)CCN1CCNCC1(F)F. The maximum absolute atomic E-state index is 13.4. The summed E-state index contributed by atoms with van der Waals surface area (Å²) >= 11 is 0. The third-order valence-corrected chi connectivity index (χ3v) is 3.37. The van der Waals surface area contributed by atoms with E-state index in [4.69, 9.17) is 0 Å². The van der Waals surface area contributed by atoms with Gasteiger partial charge in [-0.3, -0.25) is 0 Å². The van der Waals surface area contributed by atoms with Gasteiger partial charge in [0.15, 0.2) is 0 Å². The Morgan fingerprint density at radius 1 is 1.40 bits per heavy atom. The first kappa shape index (κ1) is 12.8. The normalized spacial score (nSPS) is 23.0. The molecule has 1 N–H and O–H groups in total. The Labute approximate surface area is 91.0 Å². The number of hydrogen-bond donors (Lipinski definition) is 1. The molecule has 0 bridgehead atoms. The number of rotatable bonds is 4. The van der Waals surface area contributed by atoms with Gasteiger partial charge in [0.05, 0.1) is 6.54 Å². The van der Waals surface area contributed by atoms with Crippen molar-refractivity contribution in [3.05, 3.63) is 0 Å². The Hall–Kier alpha value is -0.220. The van der Waals surface area contributed by atoms with Crippen LogP contribution in [0.3, 0.4) is 0 Å². The third-order valence-electron chi connectivity index (χ3n) is 3.37. The highest BCUT2D eigenvalue weighted by Crippen LogP contribution is 2.28.